The van der Waals surface area contributed by atoms with Crippen LogP contribution in [0.2, 0.25) is 0 Å². The van der Waals surface area contributed by atoms with Crippen LogP contribution in [0.1, 0.15) is 29.8 Å². The number of ether oxygens (including phenoxy) is 2. The summed E-state index contributed by atoms with van der Waals surface area (Å²) in [6, 6.07) is 0.170. The van der Waals surface area contributed by atoms with Crippen LogP contribution in [-0.4, -0.2) is 30.9 Å². The van der Waals surface area contributed by atoms with Gasteiger partial charge in [0.25, 0.3) is 0 Å². The van der Waals surface area contributed by atoms with E-state index in [1.165, 1.54) is 13.8 Å². The van der Waals surface area contributed by atoms with E-state index in [1.54, 1.807) is 0 Å². The van der Waals surface area contributed by atoms with Gasteiger partial charge >= 0.3 is 11.9 Å². The molecule has 1 rings (SSSR count). The first-order valence-electron chi connectivity index (χ1n) is 6.77. The van der Waals surface area contributed by atoms with Gasteiger partial charge in [-0.25, -0.2) is 13.2 Å². The molecule has 0 aromatic heterocycles. The Kier molecular flexibility index (Phi) is 6.29. The molecule has 126 valence electrons. The number of hydrogen-bond donors (Lipinski definition) is 0. The van der Waals surface area contributed by atoms with Gasteiger partial charge in [-0.15, -0.1) is 0 Å². The lowest BCUT2D eigenvalue weighted by molar-refractivity contribution is -0.158. The van der Waals surface area contributed by atoms with Gasteiger partial charge in [0, 0.05) is 11.6 Å². The average molecular weight is 332 g/mol. The van der Waals surface area contributed by atoms with Gasteiger partial charge in [0.05, 0.1) is 18.8 Å². The Bertz CT molecular complexity index is 624. The van der Waals surface area contributed by atoms with Crippen LogP contribution in [0.25, 0.3) is 0 Å². The minimum Gasteiger partial charge on any atom is -0.465 e. The summed E-state index contributed by atoms with van der Waals surface area (Å²) in [6.45, 7) is 3.56. The van der Waals surface area contributed by atoms with Gasteiger partial charge in [-0.2, -0.15) is 0 Å². The van der Waals surface area contributed by atoms with Crippen molar-refractivity contribution in [1.29, 1.82) is 0 Å². The fraction of sp³-hybridized carbons (Fsp3) is 0.400. The quantitative estimate of drug-likeness (QED) is 0.346. The molecule has 0 aliphatic carbocycles. The summed E-state index contributed by atoms with van der Waals surface area (Å²) in [5.74, 6) is -10.3. The number of esters is 2. The predicted octanol–water partition coefficient (Wildman–Crippen LogP) is 2.34. The van der Waals surface area contributed by atoms with Crippen LogP contribution >= 0.6 is 0 Å². The summed E-state index contributed by atoms with van der Waals surface area (Å²) in [7, 11) is 0. The molecule has 0 saturated carbocycles. The Balaban J connectivity index is 3.38. The molecule has 0 aliphatic rings. The highest BCUT2D eigenvalue weighted by atomic mass is 19.2. The molecule has 0 N–H and O–H groups in total. The number of halogens is 3. The summed E-state index contributed by atoms with van der Waals surface area (Å²) in [6.07, 6.45) is 0. The molecule has 0 saturated heterocycles. The smallest absolute Gasteiger partial charge is 0.328 e. The van der Waals surface area contributed by atoms with Gasteiger partial charge in [0.1, 0.15) is 5.82 Å². The normalized spacial score (nSPS) is 10.6. The number of carbonyl (C=O) groups is 3. The van der Waals surface area contributed by atoms with Crippen molar-refractivity contribution in [1.82, 2.24) is 0 Å². The van der Waals surface area contributed by atoms with Gasteiger partial charge in [0.15, 0.2) is 17.4 Å². The van der Waals surface area contributed by atoms with Crippen LogP contribution < -0.4 is 0 Å². The van der Waals surface area contributed by atoms with Crippen molar-refractivity contribution in [2.75, 3.05) is 13.2 Å². The van der Waals surface area contributed by atoms with E-state index < -0.39 is 52.2 Å². The number of Topliss-reactive ketones (excluding diaryl/α,β-unsaturated/α-hetero) is 1. The second kappa shape index (κ2) is 7.75. The van der Waals surface area contributed by atoms with Crippen molar-refractivity contribution < 1.29 is 37.0 Å². The monoisotopic (exact) mass is 332 g/mol. The van der Waals surface area contributed by atoms with Gasteiger partial charge < -0.3 is 9.47 Å². The maximum atomic E-state index is 13.9. The van der Waals surface area contributed by atoms with Crippen LogP contribution in [0, 0.1) is 30.3 Å². The van der Waals surface area contributed by atoms with Crippen LogP contribution in [0.4, 0.5) is 13.2 Å². The number of carbonyl (C=O) groups excluding carboxylic acids is 3. The van der Waals surface area contributed by atoms with E-state index in [0.717, 1.165) is 6.92 Å². The Morgan fingerprint density at radius 1 is 1.00 bits per heavy atom. The Labute approximate surface area is 130 Å². The van der Waals surface area contributed by atoms with E-state index >= 15 is 0 Å². The maximum absolute atomic E-state index is 13.9. The summed E-state index contributed by atoms with van der Waals surface area (Å²) in [5, 5.41) is 0. The average Bonchev–Trinajstić information content (AvgIpc) is 2.45. The van der Waals surface area contributed by atoms with Crippen molar-refractivity contribution in [3.8, 4) is 0 Å². The van der Waals surface area contributed by atoms with Crippen LogP contribution in [0.5, 0.6) is 0 Å². The molecule has 1 aromatic carbocycles. The van der Waals surface area contributed by atoms with E-state index in [1.807, 2.05) is 0 Å². The molecule has 1 aromatic rings. The van der Waals surface area contributed by atoms with Crippen molar-refractivity contribution in [3.05, 3.63) is 34.6 Å². The Morgan fingerprint density at radius 3 is 1.91 bits per heavy atom. The number of benzene rings is 1. The summed E-state index contributed by atoms with van der Waals surface area (Å²) in [4.78, 5) is 36.0. The van der Waals surface area contributed by atoms with Gasteiger partial charge in [-0.05, 0) is 20.8 Å². The van der Waals surface area contributed by atoms with Crippen molar-refractivity contribution >= 4 is 17.7 Å². The largest absolute Gasteiger partial charge is 0.465 e. The highest BCUT2D eigenvalue weighted by molar-refractivity contribution is 6.21. The Morgan fingerprint density at radius 2 is 1.48 bits per heavy atom. The molecule has 0 heterocycles. The second-order valence-electron chi connectivity index (χ2n) is 4.46. The minimum absolute atomic E-state index is 0.138. The molecule has 0 atom stereocenters. The first kappa shape index (κ1) is 18.7. The SMILES string of the molecule is CCOC(=O)C(C(=O)OCC)C(=O)c1c(F)cc(F)c(F)c1C. The minimum atomic E-state index is -2.10. The fourth-order valence-electron chi connectivity index (χ4n) is 1.92. The molecule has 0 aliphatic heterocycles. The molecule has 0 bridgehead atoms. The lowest BCUT2D eigenvalue weighted by atomic mass is 9.93. The van der Waals surface area contributed by atoms with Gasteiger partial charge in [-0.1, -0.05) is 0 Å². The molecule has 0 amide bonds. The standard InChI is InChI=1S/C15H15F3O5/c1-4-22-14(20)11(15(21)23-5-2)13(19)10-7(3)12(18)9(17)6-8(10)16/h6,11H,4-5H2,1-3H3. The molecular formula is C15H15F3O5. The molecule has 0 radical (unpaired) electrons. The van der Waals surface area contributed by atoms with E-state index in [9.17, 15) is 27.6 Å². The lowest BCUT2D eigenvalue weighted by Gasteiger charge is -2.15. The Hall–Kier alpha value is -2.38. The van der Waals surface area contributed by atoms with E-state index in [2.05, 4.69) is 9.47 Å². The topological polar surface area (TPSA) is 69.7 Å². The van der Waals surface area contributed by atoms with E-state index in [4.69, 9.17) is 0 Å². The molecule has 0 spiro atoms. The highest BCUT2D eigenvalue weighted by Crippen LogP contribution is 2.24. The fourth-order valence-corrected chi connectivity index (χ4v) is 1.92. The third-order valence-electron chi connectivity index (χ3n) is 2.96. The zero-order chi connectivity index (χ0) is 17.7. The molecule has 8 heteroatoms. The van der Waals surface area contributed by atoms with Gasteiger partial charge in [-0.3, -0.25) is 14.4 Å². The van der Waals surface area contributed by atoms with E-state index in [-0.39, 0.29) is 19.3 Å². The van der Waals surface area contributed by atoms with E-state index in [0.29, 0.717) is 0 Å². The first-order valence-corrected chi connectivity index (χ1v) is 6.77. The van der Waals surface area contributed by atoms with Crippen LogP contribution in [0.3, 0.4) is 0 Å². The number of ketones is 1. The van der Waals surface area contributed by atoms with Crippen molar-refractivity contribution in [2.45, 2.75) is 20.8 Å². The highest BCUT2D eigenvalue weighted by Gasteiger charge is 2.40. The van der Waals surface area contributed by atoms with Crippen LogP contribution in [0.15, 0.2) is 6.07 Å². The second-order valence-corrected chi connectivity index (χ2v) is 4.46. The zero-order valence-electron chi connectivity index (χ0n) is 12.7. The summed E-state index contributed by atoms with van der Waals surface area (Å²) in [5.41, 5.74) is -1.54. The van der Waals surface area contributed by atoms with Crippen molar-refractivity contribution in [3.63, 3.8) is 0 Å². The molecule has 23 heavy (non-hydrogen) atoms. The molecule has 0 unspecified atom stereocenters. The van der Waals surface area contributed by atoms with Crippen LogP contribution in [-0.2, 0) is 19.1 Å². The molecule has 0 fully saturated rings. The third kappa shape index (κ3) is 3.88. The van der Waals surface area contributed by atoms with Crippen molar-refractivity contribution in [2.24, 2.45) is 5.92 Å². The lowest BCUT2D eigenvalue weighted by Crippen LogP contribution is -2.36. The molecular weight excluding hydrogens is 317 g/mol. The third-order valence-corrected chi connectivity index (χ3v) is 2.96. The maximum Gasteiger partial charge on any atom is 0.328 e. The predicted molar refractivity (Wildman–Crippen MR) is 72.1 cm³/mol. The van der Waals surface area contributed by atoms with Gasteiger partial charge in [0.2, 0.25) is 5.92 Å². The number of rotatable bonds is 6. The number of hydrogen-bond acceptors (Lipinski definition) is 5. The first-order chi connectivity index (χ1) is 10.8. The summed E-state index contributed by atoms with van der Waals surface area (Å²) >= 11 is 0. The zero-order valence-corrected chi connectivity index (χ0v) is 12.7. The molecule has 5 nitrogen and oxygen atoms in total. The summed E-state index contributed by atoms with van der Waals surface area (Å²) < 4.78 is 49.8.